The van der Waals surface area contributed by atoms with E-state index in [1.807, 2.05) is 26.0 Å². The van der Waals surface area contributed by atoms with Crippen LogP contribution in [0, 0.1) is 5.82 Å². The number of ether oxygens (including phenoxy) is 1. The number of carbonyl (C=O) groups excluding carboxylic acids is 1. The van der Waals surface area contributed by atoms with Gasteiger partial charge < -0.3 is 15.4 Å². The van der Waals surface area contributed by atoms with Gasteiger partial charge in [-0.1, -0.05) is 0 Å². The normalized spacial score (nSPS) is 20.0. The second kappa shape index (κ2) is 9.64. The maximum absolute atomic E-state index is 14.4. The summed E-state index contributed by atoms with van der Waals surface area (Å²) in [5.74, 6) is 0.392. The van der Waals surface area contributed by atoms with Crippen LogP contribution in [0.1, 0.15) is 51.3 Å². The number of hydrogen-bond acceptors (Lipinski definition) is 4. The lowest BCUT2D eigenvalue weighted by Crippen LogP contribution is -2.29. The quantitative estimate of drug-likeness (QED) is 0.641. The van der Waals surface area contributed by atoms with Crippen molar-refractivity contribution in [3.05, 3.63) is 48.0 Å². The van der Waals surface area contributed by atoms with Crippen molar-refractivity contribution < 1.29 is 13.9 Å². The summed E-state index contributed by atoms with van der Waals surface area (Å²) in [6.45, 7) is 4.46. The van der Waals surface area contributed by atoms with Crippen LogP contribution in [0.15, 0.2) is 36.5 Å². The smallest absolute Gasteiger partial charge is 0.207 e. The van der Waals surface area contributed by atoms with Crippen molar-refractivity contribution in [2.24, 2.45) is 0 Å². The molecule has 2 aromatic rings. The van der Waals surface area contributed by atoms with Gasteiger partial charge >= 0.3 is 0 Å². The molecular weight excluding hydrogens is 357 g/mol. The van der Waals surface area contributed by atoms with E-state index in [0.717, 1.165) is 43.4 Å². The van der Waals surface area contributed by atoms with Gasteiger partial charge in [0, 0.05) is 29.9 Å². The molecule has 1 aromatic heterocycles. The SMILES string of the molecule is CCOc1ccc(F)c(-c2ccnc([C@H]3CC[C@H](CC[C@H](C)NC=O)N3)c2)c1. The average molecular weight is 385 g/mol. The fourth-order valence-corrected chi connectivity index (χ4v) is 3.72. The maximum Gasteiger partial charge on any atom is 0.207 e. The van der Waals surface area contributed by atoms with Crippen LogP contribution in [-0.4, -0.2) is 30.1 Å². The summed E-state index contributed by atoms with van der Waals surface area (Å²) >= 11 is 0. The monoisotopic (exact) mass is 385 g/mol. The molecule has 0 bridgehead atoms. The minimum absolute atomic E-state index is 0.164. The topological polar surface area (TPSA) is 63.2 Å². The molecule has 1 saturated heterocycles. The van der Waals surface area contributed by atoms with E-state index in [9.17, 15) is 9.18 Å². The molecule has 1 aliphatic rings. The molecule has 6 heteroatoms. The van der Waals surface area contributed by atoms with Gasteiger partial charge in [0.05, 0.1) is 12.3 Å². The number of carbonyl (C=O) groups is 1. The first kappa shape index (κ1) is 20.3. The highest BCUT2D eigenvalue weighted by atomic mass is 19.1. The van der Waals surface area contributed by atoms with Crippen LogP contribution >= 0.6 is 0 Å². The molecule has 5 nitrogen and oxygen atoms in total. The number of pyridine rings is 1. The van der Waals surface area contributed by atoms with Gasteiger partial charge in [0.25, 0.3) is 0 Å². The van der Waals surface area contributed by atoms with Crippen molar-refractivity contribution in [2.75, 3.05) is 6.61 Å². The molecule has 3 rings (SSSR count). The Morgan fingerprint density at radius 2 is 2.21 bits per heavy atom. The van der Waals surface area contributed by atoms with Gasteiger partial charge in [0.1, 0.15) is 11.6 Å². The molecule has 0 spiro atoms. The molecule has 2 heterocycles. The molecule has 0 saturated carbocycles. The van der Waals surface area contributed by atoms with Gasteiger partial charge in [-0.05, 0) is 75.4 Å². The van der Waals surface area contributed by atoms with Crippen LogP contribution in [0.25, 0.3) is 11.1 Å². The van der Waals surface area contributed by atoms with Gasteiger partial charge in [-0.15, -0.1) is 0 Å². The molecule has 150 valence electrons. The number of amides is 1. The van der Waals surface area contributed by atoms with Crippen LogP contribution in [0.5, 0.6) is 5.75 Å². The number of nitrogens with one attached hydrogen (secondary N) is 2. The van der Waals surface area contributed by atoms with Crippen molar-refractivity contribution >= 4 is 6.41 Å². The zero-order valence-electron chi connectivity index (χ0n) is 16.5. The van der Waals surface area contributed by atoms with Gasteiger partial charge in [-0.25, -0.2) is 4.39 Å². The highest BCUT2D eigenvalue weighted by Crippen LogP contribution is 2.32. The zero-order valence-corrected chi connectivity index (χ0v) is 16.5. The largest absolute Gasteiger partial charge is 0.494 e. The van der Waals surface area contributed by atoms with Crippen molar-refractivity contribution in [1.29, 1.82) is 0 Å². The molecule has 2 N–H and O–H groups in total. The van der Waals surface area contributed by atoms with Gasteiger partial charge in [0.2, 0.25) is 6.41 Å². The Balaban J connectivity index is 1.69. The second-order valence-corrected chi connectivity index (χ2v) is 7.30. The molecule has 1 amide bonds. The number of halogens is 1. The first-order chi connectivity index (χ1) is 13.6. The Morgan fingerprint density at radius 1 is 1.36 bits per heavy atom. The lowest BCUT2D eigenvalue weighted by molar-refractivity contribution is -0.110. The van der Waals surface area contributed by atoms with E-state index in [4.69, 9.17) is 4.74 Å². The third-order valence-corrected chi connectivity index (χ3v) is 5.24. The van der Waals surface area contributed by atoms with Crippen LogP contribution in [0.2, 0.25) is 0 Å². The lowest BCUT2D eigenvalue weighted by Gasteiger charge is -2.17. The Kier molecular flexibility index (Phi) is 6.98. The molecule has 28 heavy (non-hydrogen) atoms. The van der Waals surface area contributed by atoms with Crippen molar-refractivity contribution in [2.45, 2.75) is 57.7 Å². The molecule has 1 fully saturated rings. The Morgan fingerprint density at radius 3 is 3.00 bits per heavy atom. The number of aromatic nitrogens is 1. The predicted molar refractivity (Wildman–Crippen MR) is 108 cm³/mol. The van der Waals surface area contributed by atoms with Crippen LogP contribution in [-0.2, 0) is 4.79 Å². The van der Waals surface area contributed by atoms with Crippen LogP contribution < -0.4 is 15.4 Å². The third-order valence-electron chi connectivity index (χ3n) is 5.24. The standard InChI is InChI=1S/C22H28FN3O2/c1-3-28-18-7-8-20(23)19(13-18)16-10-11-24-22(12-16)21-9-6-17(26-21)5-4-15(2)25-14-27/h7-8,10-15,17,21,26H,3-6,9H2,1-2H3,(H,25,27)/t15-,17-,21+/m0/s1. The molecule has 3 atom stereocenters. The molecule has 0 unspecified atom stereocenters. The van der Waals surface area contributed by atoms with Gasteiger partial charge in [-0.3, -0.25) is 9.78 Å². The van der Waals surface area contributed by atoms with E-state index in [-0.39, 0.29) is 17.9 Å². The van der Waals surface area contributed by atoms with Crippen molar-refractivity contribution in [1.82, 2.24) is 15.6 Å². The van der Waals surface area contributed by atoms with Crippen molar-refractivity contribution in [3.8, 4) is 16.9 Å². The number of nitrogens with zero attached hydrogens (tertiary/aromatic N) is 1. The zero-order chi connectivity index (χ0) is 19.9. The maximum atomic E-state index is 14.4. The van der Waals surface area contributed by atoms with E-state index in [0.29, 0.717) is 24.0 Å². The molecule has 0 aliphatic carbocycles. The summed E-state index contributed by atoms with van der Waals surface area (Å²) in [7, 11) is 0. The first-order valence-electron chi connectivity index (χ1n) is 9.95. The van der Waals surface area contributed by atoms with E-state index >= 15 is 0 Å². The van der Waals surface area contributed by atoms with E-state index < -0.39 is 0 Å². The van der Waals surface area contributed by atoms with Gasteiger partial charge in [-0.2, -0.15) is 0 Å². The number of benzene rings is 1. The lowest BCUT2D eigenvalue weighted by atomic mass is 10.0. The summed E-state index contributed by atoms with van der Waals surface area (Å²) < 4.78 is 19.9. The van der Waals surface area contributed by atoms with E-state index in [1.165, 1.54) is 6.07 Å². The fourth-order valence-electron chi connectivity index (χ4n) is 3.72. The fraction of sp³-hybridized carbons (Fsp3) is 0.455. The van der Waals surface area contributed by atoms with Crippen LogP contribution in [0.3, 0.4) is 0 Å². The first-order valence-corrected chi connectivity index (χ1v) is 9.95. The average Bonchev–Trinajstić information content (AvgIpc) is 3.18. The van der Waals surface area contributed by atoms with Gasteiger partial charge in [0.15, 0.2) is 0 Å². The summed E-state index contributed by atoms with van der Waals surface area (Å²) in [6.07, 6.45) is 6.50. The Labute approximate surface area is 165 Å². The number of rotatable bonds is 9. The summed E-state index contributed by atoms with van der Waals surface area (Å²) in [4.78, 5) is 15.0. The van der Waals surface area contributed by atoms with Crippen molar-refractivity contribution in [3.63, 3.8) is 0 Å². The Hall–Kier alpha value is -2.47. The summed E-state index contributed by atoms with van der Waals surface area (Å²) in [5.41, 5.74) is 2.26. The summed E-state index contributed by atoms with van der Waals surface area (Å²) in [5, 5.41) is 6.42. The van der Waals surface area contributed by atoms with E-state index in [1.54, 1.807) is 18.3 Å². The Bertz CT molecular complexity index is 799. The molecule has 1 aromatic carbocycles. The highest BCUT2D eigenvalue weighted by molar-refractivity contribution is 5.66. The minimum Gasteiger partial charge on any atom is -0.494 e. The molecule has 1 aliphatic heterocycles. The molecule has 0 radical (unpaired) electrons. The van der Waals surface area contributed by atoms with E-state index in [2.05, 4.69) is 15.6 Å². The molecular formula is C22H28FN3O2. The predicted octanol–water partition coefficient (Wildman–Crippen LogP) is 3.99. The van der Waals surface area contributed by atoms with Crippen LogP contribution in [0.4, 0.5) is 4.39 Å². The number of hydrogen-bond donors (Lipinski definition) is 2. The second-order valence-electron chi connectivity index (χ2n) is 7.30. The highest BCUT2D eigenvalue weighted by Gasteiger charge is 2.26. The summed E-state index contributed by atoms with van der Waals surface area (Å²) in [6, 6.07) is 9.38. The third kappa shape index (κ3) is 5.07. The minimum atomic E-state index is -0.269.